The molecule has 5 heteroatoms. The van der Waals surface area contributed by atoms with Crippen LogP contribution in [0, 0.1) is 18.8 Å². The Morgan fingerprint density at radius 3 is 2.68 bits per heavy atom. The lowest BCUT2D eigenvalue weighted by atomic mass is 9.77. The number of carbonyl (C=O) groups is 1. The van der Waals surface area contributed by atoms with Crippen molar-refractivity contribution in [3.05, 3.63) is 64.2 Å². The normalized spacial score (nSPS) is 18.9. The highest BCUT2D eigenvalue weighted by atomic mass is 35.5. The Bertz CT molecular complexity index is 859. The van der Waals surface area contributed by atoms with Gasteiger partial charge in [-0.2, -0.15) is 0 Å². The number of benzene rings is 2. The van der Waals surface area contributed by atoms with Crippen molar-refractivity contribution in [2.45, 2.75) is 38.8 Å². The first kappa shape index (κ1) is 19.3. The highest BCUT2D eigenvalue weighted by molar-refractivity contribution is 6.31. The second kappa shape index (κ2) is 8.14. The van der Waals surface area contributed by atoms with Gasteiger partial charge in [-0.1, -0.05) is 42.3 Å². The smallest absolute Gasteiger partial charge is 0.309 e. The zero-order valence-corrected chi connectivity index (χ0v) is 17.0. The molecule has 2 aromatic rings. The van der Waals surface area contributed by atoms with E-state index < -0.39 is 5.97 Å². The predicted molar refractivity (Wildman–Crippen MR) is 113 cm³/mol. The molecule has 2 aliphatic rings. The number of halogens is 1. The van der Waals surface area contributed by atoms with Gasteiger partial charge >= 0.3 is 5.97 Å². The van der Waals surface area contributed by atoms with Gasteiger partial charge in [0.05, 0.1) is 12.0 Å². The minimum absolute atomic E-state index is 0.211. The monoisotopic (exact) mass is 398 g/mol. The van der Waals surface area contributed by atoms with Crippen LogP contribution in [0.15, 0.2) is 42.5 Å². The quantitative estimate of drug-likeness (QED) is 0.679. The van der Waals surface area contributed by atoms with E-state index >= 15 is 0 Å². The third-order valence-corrected chi connectivity index (χ3v) is 6.55. The Balaban J connectivity index is 1.46. The maximum atomic E-state index is 11.0. The van der Waals surface area contributed by atoms with Gasteiger partial charge in [0.15, 0.2) is 0 Å². The van der Waals surface area contributed by atoms with Crippen LogP contribution in [-0.4, -0.2) is 29.1 Å². The van der Waals surface area contributed by atoms with E-state index in [2.05, 4.69) is 53.5 Å². The average Bonchev–Trinajstić information content (AvgIpc) is 2.58. The summed E-state index contributed by atoms with van der Waals surface area (Å²) < 4.78 is 0. The summed E-state index contributed by atoms with van der Waals surface area (Å²) in [6, 6.07) is 15.1. The minimum atomic E-state index is -0.687. The van der Waals surface area contributed by atoms with E-state index in [0.717, 1.165) is 22.8 Å². The van der Waals surface area contributed by atoms with Gasteiger partial charge in [0.1, 0.15) is 0 Å². The molecular formula is C23H27ClN2O2. The van der Waals surface area contributed by atoms with Crippen molar-refractivity contribution in [3.8, 4) is 0 Å². The maximum absolute atomic E-state index is 11.0. The van der Waals surface area contributed by atoms with E-state index in [-0.39, 0.29) is 5.92 Å². The number of aliphatic carboxylic acids is 1. The first-order chi connectivity index (χ1) is 13.5. The van der Waals surface area contributed by atoms with Crippen molar-refractivity contribution in [1.82, 2.24) is 4.90 Å². The van der Waals surface area contributed by atoms with E-state index in [1.807, 2.05) is 6.07 Å². The molecular weight excluding hydrogens is 372 g/mol. The lowest BCUT2D eigenvalue weighted by Gasteiger charge is -2.37. The molecule has 1 aliphatic carbocycles. The van der Waals surface area contributed by atoms with Gasteiger partial charge in [0.25, 0.3) is 0 Å². The van der Waals surface area contributed by atoms with E-state index in [0.29, 0.717) is 25.0 Å². The molecule has 28 heavy (non-hydrogen) atoms. The van der Waals surface area contributed by atoms with Gasteiger partial charge in [0, 0.05) is 30.3 Å². The molecule has 2 fully saturated rings. The molecule has 1 saturated carbocycles. The number of aryl methyl sites for hydroxylation is 1. The van der Waals surface area contributed by atoms with E-state index in [4.69, 9.17) is 16.7 Å². The number of rotatable bonds is 7. The number of nitrogens with one attached hydrogen (secondary N) is 1. The maximum Gasteiger partial charge on any atom is 0.309 e. The summed E-state index contributed by atoms with van der Waals surface area (Å²) in [5.41, 5.74) is 4.75. The molecule has 0 bridgehead atoms. The number of carboxylic acids is 1. The van der Waals surface area contributed by atoms with Crippen LogP contribution in [0.4, 0.5) is 5.69 Å². The van der Waals surface area contributed by atoms with Gasteiger partial charge in [-0.25, -0.2) is 0 Å². The molecule has 0 spiro atoms. The number of carboxylic acid groups (broad SMARTS) is 1. The Morgan fingerprint density at radius 2 is 2.04 bits per heavy atom. The summed E-state index contributed by atoms with van der Waals surface area (Å²) in [5, 5.41) is 13.6. The fourth-order valence-corrected chi connectivity index (χ4v) is 4.28. The van der Waals surface area contributed by atoms with Crippen molar-refractivity contribution in [3.63, 3.8) is 0 Å². The molecule has 2 N–H and O–H groups in total. The van der Waals surface area contributed by atoms with Gasteiger partial charge in [0.2, 0.25) is 0 Å². The zero-order valence-electron chi connectivity index (χ0n) is 16.2. The largest absolute Gasteiger partial charge is 0.481 e. The van der Waals surface area contributed by atoms with Crippen LogP contribution in [0.25, 0.3) is 0 Å². The molecule has 1 atom stereocenters. The summed E-state index contributed by atoms with van der Waals surface area (Å²) in [6.45, 7) is 4.14. The summed E-state index contributed by atoms with van der Waals surface area (Å²) in [7, 11) is 0. The van der Waals surface area contributed by atoms with Gasteiger partial charge in [-0.15, -0.1) is 0 Å². The second-order valence-electron chi connectivity index (χ2n) is 8.25. The number of hydrogen-bond donors (Lipinski definition) is 2. The zero-order chi connectivity index (χ0) is 19.7. The molecule has 1 aliphatic heterocycles. The number of nitrogens with zero attached hydrogens (tertiary/aromatic N) is 1. The summed E-state index contributed by atoms with van der Waals surface area (Å²) in [4.78, 5) is 13.2. The Hall–Kier alpha value is -2.04. The second-order valence-corrected chi connectivity index (χ2v) is 8.66. The van der Waals surface area contributed by atoms with Gasteiger partial charge < -0.3 is 10.4 Å². The number of anilines is 1. The van der Waals surface area contributed by atoms with Crippen molar-refractivity contribution >= 4 is 23.3 Å². The van der Waals surface area contributed by atoms with E-state index in [1.54, 1.807) is 0 Å². The lowest BCUT2D eigenvalue weighted by molar-refractivity contribution is -0.147. The van der Waals surface area contributed by atoms with Crippen LogP contribution >= 0.6 is 11.6 Å². The van der Waals surface area contributed by atoms with Crippen LogP contribution in [0.3, 0.4) is 0 Å². The van der Waals surface area contributed by atoms with Crippen LogP contribution in [0.2, 0.25) is 5.02 Å². The fourth-order valence-electron chi connectivity index (χ4n) is 4.16. The van der Waals surface area contributed by atoms with Crippen molar-refractivity contribution in [1.29, 1.82) is 0 Å². The summed E-state index contributed by atoms with van der Waals surface area (Å²) >= 11 is 6.23. The van der Waals surface area contributed by atoms with E-state index in [1.165, 1.54) is 30.4 Å². The third kappa shape index (κ3) is 4.18. The van der Waals surface area contributed by atoms with Gasteiger partial charge in [-0.3, -0.25) is 9.69 Å². The third-order valence-electron chi connectivity index (χ3n) is 6.12. The van der Waals surface area contributed by atoms with E-state index in [9.17, 15) is 4.79 Å². The summed E-state index contributed by atoms with van der Waals surface area (Å²) in [5.74, 6) is -0.248. The van der Waals surface area contributed by atoms with Crippen molar-refractivity contribution in [2.75, 3.05) is 18.4 Å². The van der Waals surface area contributed by atoms with Crippen LogP contribution in [0.5, 0.6) is 0 Å². The number of hydrogen-bond acceptors (Lipinski definition) is 3. The highest BCUT2D eigenvalue weighted by Crippen LogP contribution is 2.40. The lowest BCUT2D eigenvalue weighted by Crippen LogP contribution is -2.49. The predicted octanol–water partition coefficient (Wildman–Crippen LogP) is 5.12. The molecule has 148 valence electrons. The number of likely N-dealkylation sites (tertiary alicyclic amines) is 1. The van der Waals surface area contributed by atoms with Gasteiger partial charge in [-0.05, 0) is 60.6 Å². The standard InChI is InChI=1S/C23H27ClN2O2/c1-15-10-18(8-9-21(15)24)22(17-5-3-6-17)25-20-7-2-4-16(11-20)12-26-13-19(14-26)23(27)28/h2,4,7-11,17,19,22,25H,3,5-6,12-14H2,1H3,(H,27,28)/t22-/m0/s1. The average molecular weight is 399 g/mol. The molecule has 1 heterocycles. The summed E-state index contributed by atoms with van der Waals surface area (Å²) in [6.07, 6.45) is 3.81. The Labute approximate surface area is 171 Å². The fraction of sp³-hybridized carbons (Fsp3) is 0.435. The molecule has 2 aromatic carbocycles. The van der Waals surface area contributed by atoms with Crippen LogP contribution in [-0.2, 0) is 11.3 Å². The molecule has 0 aromatic heterocycles. The molecule has 4 nitrogen and oxygen atoms in total. The first-order valence-electron chi connectivity index (χ1n) is 10.1. The SMILES string of the molecule is Cc1cc([C@@H](Nc2cccc(CN3CC(C(=O)O)C3)c2)C2CCC2)ccc1Cl. The van der Waals surface area contributed by atoms with Crippen molar-refractivity contribution < 1.29 is 9.90 Å². The molecule has 1 saturated heterocycles. The molecule has 0 amide bonds. The Kier molecular flexibility index (Phi) is 5.61. The van der Waals surface area contributed by atoms with Crippen molar-refractivity contribution in [2.24, 2.45) is 11.8 Å². The van der Waals surface area contributed by atoms with Crippen LogP contribution in [0.1, 0.15) is 42.0 Å². The molecule has 0 radical (unpaired) electrons. The minimum Gasteiger partial charge on any atom is -0.481 e. The first-order valence-corrected chi connectivity index (χ1v) is 10.4. The Morgan fingerprint density at radius 1 is 1.25 bits per heavy atom. The highest BCUT2D eigenvalue weighted by Gasteiger charge is 2.32. The topological polar surface area (TPSA) is 52.6 Å². The molecule has 4 rings (SSSR count). The van der Waals surface area contributed by atoms with Crippen LogP contribution < -0.4 is 5.32 Å². The molecule has 0 unspecified atom stereocenters.